The van der Waals surface area contributed by atoms with E-state index in [1.165, 1.54) is 24.8 Å². The second kappa shape index (κ2) is 17.9. The van der Waals surface area contributed by atoms with Gasteiger partial charge in [0.25, 0.3) is 0 Å². The SMILES string of the molecule is CC1(C)CCC(C#N)(c2nc3ccnc(-c4[c-]c5ccccc5c(C(C)(C)C)c4)c3s2)CC1.CCC(CC(F)(F)F)C(=O)/C=C(\O)C(CC)CC(F)(F)F.[Ir]. The molecule has 2 atom stereocenters. The summed E-state index contributed by atoms with van der Waals surface area (Å²) in [7, 11) is 0. The molecule has 0 bridgehead atoms. The number of pyridine rings is 1. The first-order chi connectivity index (χ1) is 25.0. The Morgan fingerprint density at radius 3 is 2.11 bits per heavy atom. The van der Waals surface area contributed by atoms with E-state index in [1.54, 1.807) is 11.3 Å². The number of benzene rings is 2. The van der Waals surface area contributed by atoms with E-state index in [9.17, 15) is 41.5 Å². The van der Waals surface area contributed by atoms with Crippen molar-refractivity contribution in [2.24, 2.45) is 17.3 Å². The number of aliphatic hydroxyl groups is 1. The number of hydrogen-bond acceptors (Lipinski definition) is 6. The summed E-state index contributed by atoms with van der Waals surface area (Å²) in [5.41, 5.74) is 3.94. The Morgan fingerprint density at radius 2 is 1.56 bits per heavy atom. The van der Waals surface area contributed by atoms with Crippen molar-refractivity contribution in [1.29, 1.82) is 5.26 Å². The van der Waals surface area contributed by atoms with Crippen LogP contribution in [0.1, 0.15) is 110 Å². The molecule has 55 heavy (non-hydrogen) atoms. The smallest absolute Gasteiger partial charge is 0.389 e. The van der Waals surface area contributed by atoms with Gasteiger partial charge in [-0.25, -0.2) is 4.98 Å². The number of aromatic nitrogens is 2. The first-order valence-corrected chi connectivity index (χ1v) is 19.0. The minimum atomic E-state index is -4.55. The van der Waals surface area contributed by atoms with Crippen LogP contribution in [0.15, 0.2) is 54.4 Å². The van der Waals surface area contributed by atoms with Gasteiger partial charge in [-0.15, -0.1) is 40.5 Å². The van der Waals surface area contributed by atoms with Gasteiger partial charge in [0.15, 0.2) is 5.78 Å². The molecule has 1 radical (unpaired) electrons. The number of fused-ring (bicyclic) bond motifs is 2. The second-order valence-corrected chi connectivity index (χ2v) is 17.1. The zero-order valence-corrected chi connectivity index (χ0v) is 35.3. The molecule has 0 amide bonds. The molecule has 1 N–H and O–H groups in total. The maximum absolute atomic E-state index is 12.3. The zero-order chi connectivity index (χ0) is 40.3. The normalized spacial score (nSPS) is 17.1. The summed E-state index contributed by atoms with van der Waals surface area (Å²) in [4.78, 5) is 21.4. The molecule has 2 unspecified atom stereocenters. The third kappa shape index (κ3) is 11.8. The van der Waals surface area contributed by atoms with Crippen LogP contribution in [-0.2, 0) is 35.7 Å². The Morgan fingerprint density at radius 1 is 0.982 bits per heavy atom. The van der Waals surface area contributed by atoms with Crippen LogP contribution < -0.4 is 0 Å². The van der Waals surface area contributed by atoms with Crippen molar-refractivity contribution in [3.63, 3.8) is 0 Å². The van der Waals surface area contributed by atoms with Crippen molar-refractivity contribution in [1.82, 2.24) is 9.97 Å². The second-order valence-electron chi connectivity index (χ2n) is 16.1. The number of nitriles is 1. The van der Waals surface area contributed by atoms with Gasteiger partial charge in [-0.2, -0.15) is 31.6 Å². The van der Waals surface area contributed by atoms with E-state index in [-0.39, 0.29) is 38.4 Å². The predicted molar refractivity (Wildman–Crippen MR) is 202 cm³/mol. The van der Waals surface area contributed by atoms with Crippen LogP contribution in [0, 0.1) is 34.6 Å². The third-order valence-electron chi connectivity index (χ3n) is 10.3. The zero-order valence-electron chi connectivity index (χ0n) is 32.1. The first-order valence-electron chi connectivity index (χ1n) is 18.2. The van der Waals surface area contributed by atoms with Gasteiger partial charge in [-0.1, -0.05) is 77.6 Å². The third-order valence-corrected chi connectivity index (χ3v) is 11.6. The summed E-state index contributed by atoms with van der Waals surface area (Å²) in [5.74, 6) is -4.54. The Labute approximate surface area is 337 Å². The summed E-state index contributed by atoms with van der Waals surface area (Å²) in [6, 6.07) is 19.0. The molecule has 1 aliphatic carbocycles. The van der Waals surface area contributed by atoms with Crippen LogP contribution in [-0.4, -0.2) is 33.2 Å². The predicted octanol–water partition coefficient (Wildman–Crippen LogP) is 12.9. The van der Waals surface area contributed by atoms with E-state index < -0.39 is 54.0 Å². The molecule has 2 aromatic carbocycles. The summed E-state index contributed by atoms with van der Waals surface area (Å²) >= 11 is 1.65. The van der Waals surface area contributed by atoms with Gasteiger partial charge in [-0.05, 0) is 55.4 Å². The Balaban J connectivity index is 0.000000323. The van der Waals surface area contributed by atoms with Gasteiger partial charge >= 0.3 is 12.4 Å². The number of halogens is 6. The number of ketones is 1. The molecule has 1 aliphatic rings. The molecule has 1 fully saturated rings. The van der Waals surface area contributed by atoms with Crippen LogP contribution in [0.25, 0.3) is 32.2 Å². The van der Waals surface area contributed by atoms with Crippen molar-refractivity contribution in [3.8, 4) is 17.3 Å². The van der Waals surface area contributed by atoms with Crippen LogP contribution in [0.5, 0.6) is 0 Å². The van der Waals surface area contributed by atoms with Crippen molar-refractivity contribution < 1.29 is 56.3 Å². The van der Waals surface area contributed by atoms with Gasteiger partial charge in [-0.3, -0.25) is 9.78 Å². The van der Waals surface area contributed by atoms with Gasteiger partial charge in [0, 0.05) is 54.6 Å². The van der Waals surface area contributed by atoms with Crippen molar-refractivity contribution in [3.05, 3.63) is 71.1 Å². The molecule has 0 saturated heterocycles. The van der Waals surface area contributed by atoms with Crippen molar-refractivity contribution >= 4 is 38.1 Å². The molecule has 4 aromatic rings. The van der Waals surface area contributed by atoms with E-state index in [1.807, 2.05) is 12.3 Å². The molecule has 13 heteroatoms. The Hall–Kier alpha value is -3.33. The minimum Gasteiger partial charge on any atom is -0.512 e. The molecular weight excluding hydrogens is 917 g/mol. The molecular formula is C42H48F6IrN3O2S-. The Kier molecular flexibility index (Phi) is 15.0. The van der Waals surface area contributed by atoms with Gasteiger partial charge in [0.2, 0.25) is 0 Å². The number of carbonyl (C=O) groups excluding carboxylic acids is 1. The number of thiazole rings is 1. The monoisotopic (exact) mass is 965 g/mol. The molecule has 1 saturated carbocycles. The standard InChI is InChI=1S/C29H30N3S.C13H18F6O2.Ir/c1-27(2,3)22-17-20(16-19-8-6-7-9-21(19)22)24-25-23(10-15-31-24)32-26(33-25)29(18-30)13-11-28(4,5)12-14-29;1-3-8(6-12(14,15)16)10(20)5-11(21)9(4-2)7-13(17,18)19;/h6-10,15,17H,11-14H2,1-5H3;5,8-9,20H,3-4,6-7H2,1-2H3;/q-1;;/b;10-5-;. The van der Waals surface area contributed by atoms with Gasteiger partial charge < -0.3 is 5.11 Å². The van der Waals surface area contributed by atoms with E-state index >= 15 is 0 Å². The van der Waals surface area contributed by atoms with Gasteiger partial charge in [0.05, 0.1) is 30.2 Å². The summed E-state index contributed by atoms with van der Waals surface area (Å²) in [6.45, 7) is 14.1. The number of carbonyl (C=O) groups is 1. The number of nitrogens with zero attached hydrogens (tertiary/aromatic N) is 3. The van der Waals surface area contributed by atoms with Crippen molar-refractivity contribution in [2.45, 2.75) is 123 Å². The summed E-state index contributed by atoms with van der Waals surface area (Å²) in [6.07, 6.45) is -5.77. The summed E-state index contributed by atoms with van der Waals surface area (Å²) < 4.78 is 74.6. The maximum Gasteiger partial charge on any atom is 0.389 e. The number of aliphatic hydroxyl groups excluding tert-OH is 1. The molecule has 0 aliphatic heterocycles. The number of allylic oxidation sites excluding steroid dienone is 2. The van der Waals surface area contributed by atoms with E-state index in [4.69, 9.17) is 9.97 Å². The molecule has 2 aromatic heterocycles. The van der Waals surface area contributed by atoms with E-state index in [0.717, 1.165) is 57.6 Å². The van der Waals surface area contributed by atoms with Gasteiger partial charge in [0.1, 0.15) is 10.4 Å². The fraction of sp³-hybridized carbons (Fsp3) is 0.524. The van der Waals surface area contributed by atoms with E-state index in [2.05, 4.69) is 77.1 Å². The Bertz CT molecular complexity index is 2010. The van der Waals surface area contributed by atoms with Crippen molar-refractivity contribution in [2.75, 3.05) is 0 Å². The first kappa shape index (κ1) is 46.1. The van der Waals surface area contributed by atoms with Crippen LogP contribution in [0.2, 0.25) is 0 Å². The van der Waals surface area contributed by atoms with Crippen LogP contribution >= 0.6 is 11.3 Å². The van der Waals surface area contributed by atoms with Crippen LogP contribution in [0.4, 0.5) is 26.3 Å². The molecule has 5 nitrogen and oxygen atoms in total. The topological polar surface area (TPSA) is 86.9 Å². The average molecular weight is 965 g/mol. The number of hydrogen-bond donors (Lipinski definition) is 1. The molecule has 2 heterocycles. The molecule has 301 valence electrons. The maximum atomic E-state index is 12.3. The fourth-order valence-electron chi connectivity index (χ4n) is 6.80. The van der Waals surface area contributed by atoms with Crippen LogP contribution in [0.3, 0.4) is 0 Å². The fourth-order valence-corrected chi connectivity index (χ4v) is 8.06. The average Bonchev–Trinajstić information content (AvgIpc) is 3.53. The number of alkyl halides is 6. The quantitative estimate of drug-likeness (QED) is 0.0781. The largest absolute Gasteiger partial charge is 0.512 e. The minimum absolute atomic E-state index is 0. The summed E-state index contributed by atoms with van der Waals surface area (Å²) in [5, 5.41) is 23.0. The van der Waals surface area contributed by atoms with E-state index in [0.29, 0.717) is 11.5 Å². The molecule has 0 spiro atoms. The molecule has 5 rings (SSSR count). The number of rotatable bonds is 9.